The van der Waals surface area contributed by atoms with E-state index in [0.717, 1.165) is 0 Å². The minimum absolute atomic E-state index is 0.0654. The fraction of sp³-hybridized carbons (Fsp3) is 0. The highest BCUT2D eigenvalue weighted by Gasteiger charge is 2.15. The van der Waals surface area contributed by atoms with Gasteiger partial charge in [0.1, 0.15) is 17.1 Å². The second-order valence-electron chi connectivity index (χ2n) is 2.36. The molecule has 2 aromatic heterocycles. The number of rotatable bonds is 1. The van der Waals surface area contributed by atoms with Gasteiger partial charge in [0.15, 0.2) is 5.69 Å². The van der Waals surface area contributed by atoms with Crippen molar-refractivity contribution in [3.63, 3.8) is 0 Å². The number of aromatic nitrogens is 3. The Hall–Kier alpha value is -1.62. The molecule has 1 N–H and O–H groups in total. The van der Waals surface area contributed by atoms with Gasteiger partial charge in [-0.15, -0.1) is 0 Å². The lowest BCUT2D eigenvalue weighted by Gasteiger charge is -1.90. The monoisotopic (exact) mass is 197 g/mol. The van der Waals surface area contributed by atoms with E-state index < -0.39 is 5.97 Å². The topological polar surface area (TPSA) is 67.5 Å². The lowest BCUT2D eigenvalue weighted by atomic mass is 10.5. The van der Waals surface area contributed by atoms with Crippen LogP contribution in [-0.2, 0) is 0 Å². The van der Waals surface area contributed by atoms with Gasteiger partial charge in [-0.05, 0) is 6.07 Å². The van der Waals surface area contributed by atoms with Crippen LogP contribution < -0.4 is 0 Å². The minimum Gasteiger partial charge on any atom is -0.476 e. The van der Waals surface area contributed by atoms with E-state index in [-0.39, 0.29) is 10.8 Å². The first kappa shape index (κ1) is 8.00. The smallest absolute Gasteiger partial charge is 0.357 e. The van der Waals surface area contributed by atoms with E-state index in [0.29, 0.717) is 5.65 Å². The van der Waals surface area contributed by atoms with Crippen molar-refractivity contribution in [2.45, 2.75) is 0 Å². The zero-order valence-electron chi connectivity index (χ0n) is 6.31. The second-order valence-corrected chi connectivity index (χ2v) is 2.72. The summed E-state index contributed by atoms with van der Waals surface area (Å²) in [4.78, 5) is 18.2. The van der Waals surface area contributed by atoms with Crippen LogP contribution in [0.2, 0.25) is 5.15 Å². The van der Waals surface area contributed by atoms with Gasteiger partial charge in [-0.1, -0.05) is 11.6 Å². The summed E-state index contributed by atoms with van der Waals surface area (Å²) in [5.74, 6) is -1.14. The zero-order valence-corrected chi connectivity index (χ0v) is 7.06. The molecule has 0 saturated heterocycles. The van der Waals surface area contributed by atoms with Crippen LogP contribution in [0, 0.1) is 0 Å². The Morgan fingerprint density at radius 1 is 1.62 bits per heavy atom. The average molecular weight is 198 g/mol. The second kappa shape index (κ2) is 2.70. The van der Waals surface area contributed by atoms with E-state index in [1.165, 1.54) is 16.9 Å². The number of hydrogen-bond acceptors (Lipinski definition) is 3. The Labute approximate surface area is 77.6 Å². The van der Waals surface area contributed by atoms with Crippen LogP contribution in [0.15, 0.2) is 18.6 Å². The molecule has 0 saturated carbocycles. The first-order valence-electron chi connectivity index (χ1n) is 3.41. The third-order valence-electron chi connectivity index (χ3n) is 1.57. The first-order chi connectivity index (χ1) is 6.20. The number of carboxylic acids is 1. The van der Waals surface area contributed by atoms with Crippen LogP contribution >= 0.6 is 11.6 Å². The highest BCUT2D eigenvalue weighted by molar-refractivity contribution is 6.32. The number of fused-ring (bicyclic) bond motifs is 1. The highest BCUT2D eigenvalue weighted by Crippen LogP contribution is 2.16. The van der Waals surface area contributed by atoms with Gasteiger partial charge in [0, 0.05) is 6.20 Å². The number of carboxylic acid groups (broad SMARTS) is 1. The molecule has 66 valence electrons. The van der Waals surface area contributed by atoms with Crippen LogP contribution in [0.3, 0.4) is 0 Å². The van der Waals surface area contributed by atoms with Crippen LogP contribution in [-0.4, -0.2) is 25.4 Å². The molecule has 6 heteroatoms. The van der Waals surface area contributed by atoms with E-state index in [2.05, 4.69) is 9.97 Å². The fourth-order valence-electron chi connectivity index (χ4n) is 1.01. The largest absolute Gasteiger partial charge is 0.476 e. The molecule has 0 aliphatic rings. The van der Waals surface area contributed by atoms with Crippen molar-refractivity contribution in [3.8, 4) is 0 Å². The van der Waals surface area contributed by atoms with Crippen molar-refractivity contribution in [2.24, 2.45) is 0 Å². The molecule has 0 amide bonds. The molecular formula is C7H4ClN3O2. The maximum Gasteiger partial charge on any atom is 0.357 e. The van der Waals surface area contributed by atoms with Gasteiger partial charge in [-0.2, -0.15) is 0 Å². The van der Waals surface area contributed by atoms with E-state index >= 15 is 0 Å². The van der Waals surface area contributed by atoms with Gasteiger partial charge in [-0.3, -0.25) is 4.40 Å². The van der Waals surface area contributed by atoms with Crippen molar-refractivity contribution >= 4 is 23.2 Å². The summed E-state index contributed by atoms with van der Waals surface area (Å²) < 4.78 is 1.41. The molecule has 0 aliphatic carbocycles. The molecular weight excluding hydrogens is 194 g/mol. The van der Waals surface area contributed by atoms with E-state index in [4.69, 9.17) is 16.7 Å². The van der Waals surface area contributed by atoms with Crippen molar-refractivity contribution in [2.75, 3.05) is 0 Å². The zero-order chi connectivity index (χ0) is 9.42. The standard InChI is InChI=1S/C7H4ClN3O2/c8-6-5(7(12)13)10-4-1-2-9-3-11(4)6/h1-3H,(H,12,13). The Balaban J connectivity index is 2.81. The Kier molecular flexibility index (Phi) is 1.66. The van der Waals surface area contributed by atoms with Crippen LogP contribution in [0.4, 0.5) is 0 Å². The maximum absolute atomic E-state index is 10.6. The molecule has 2 aromatic rings. The van der Waals surface area contributed by atoms with Gasteiger partial charge in [0.05, 0.1) is 0 Å². The minimum atomic E-state index is -1.14. The molecule has 2 rings (SSSR count). The molecule has 0 unspecified atom stereocenters. The Morgan fingerprint density at radius 2 is 2.38 bits per heavy atom. The Bertz CT molecular complexity index is 480. The van der Waals surface area contributed by atoms with E-state index in [1.54, 1.807) is 6.07 Å². The van der Waals surface area contributed by atoms with Gasteiger partial charge in [0.2, 0.25) is 0 Å². The molecule has 0 spiro atoms. The lowest BCUT2D eigenvalue weighted by Crippen LogP contribution is -1.96. The quantitative estimate of drug-likeness (QED) is 0.743. The highest BCUT2D eigenvalue weighted by atomic mass is 35.5. The maximum atomic E-state index is 10.6. The average Bonchev–Trinajstić information content (AvgIpc) is 2.45. The van der Waals surface area contributed by atoms with Crippen LogP contribution in [0.5, 0.6) is 0 Å². The summed E-state index contributed by atoms with van der Waals surface area (Å²) in [5.41, 5.74) is 0.312. The molecule has 0 radical (unpaired) electrons. The number of nitrogens with zero attached hydrogens (tertiary/aromatic N) is 3. The van der Waals surface area contributed by atoms with Gasteiger partial charge in [0.25, 0.3) is 0 Å². The molecule has 0 fully saturated rings. The third kappa shape index (κ3) is 1.13. The van der Waals surface area contributed by atoms with Crippen LogP contribution in [0.25, 0.3) is 5.65 Å². The van der Waals surface area contributed by atoms with Crippen molar-refractivity contribution in [1.82, 2.24) is 14.4 Å². The SMILES string of the molecule is O=C(O)c1nc2ccncn2c1Cl. The van der Waals surface area contributed by atoms with E-state index in [9.17, 15) is 4.79 Å². The number of halogens is 1. The Morgan fingerprint density at radius 3 is 3.00 bits per heavy atom. The molecule has 0 aliphatic heterocycles. The number of hydrogen-bond donors (Lipinski definition) is 1. The molecule has 13 heavy (non-hydrogen) atoms. The number of imidazole rings is 1. The summed E-state index contributed by atoms with van der Waals surface area (Å²) in [6, 6.07) is 1.58. The lowest BCUT2D eigenvalue weighted by molar-refractivity contribution is 0.0691. The summed E-state index contributed by atoms with van der Waals surface area (Å²) >= 11 is 5.73. The van der Waals surface area contributed by atoms with E-state index in [1.807, 2.05) is 0 Å². The number of aromatic carboxylic acids is 1. The molecule has 0 atom stereocenters. The first-order valence-corrected chi connectivity index (χ1v) is 3.79. The summed E-state index contributed by atoms with van der Waals surface area (Å²) in [7, 11) is 0. The molecule has 5 nitrogen and oxygen atoms in total. The fourth-order valence-corrected chi connectivity index (χ4v) is 1.26. The third-order valence-corrected chi connectivity index (χ3v) is 1.94. The van der Waals surface area contributed by atoms with Crippen molar-refractivity contribution in [1.29, 1.82) is 0 Å². The van der Waals surface area contributed by atoms with Crippen molar-refractivity contribution in [3.05, 3.63) is 29.4 Å². The van der Waals surface area contributed by atoms with Crippen LogP contribution in [0.1, 0.15) is 10.5 Å². The normalized spacial score (nSPS) is 10.5. The molecule has 0 bridgehead atoms. The van der Waals surface area contributed by atoms with Gasteiger partial charge in [-0.25, -0.2) is 14.8 Å². The summed E-state index contributed by atoms with van der Waals surface area (Å²) in [6.07, 6.45) is 2.93. The summed E-state index contributed by atoms with van der Waals surface area (Å²) in [6.45, 7) is 0. The molecule has 2 heterocycles. The van der Waals surface area contributed by atoms with Gasteiger partial charge < -0.3 is 5.11 Å². The van der Waals surface area contributed by atoms with Crippen molar-refractivity contribution < 1.29 is 9.90 Å². The van der Waals surface area contributed by atoms with Gasteiger partial charge >= 0.3 is 5.97 Å². The predicted molar refractivity (Wildman–Crippen MR) is 45.0 cm³/mol. The molecule has 0 aromatic carbocycles. The summed E-state index contributed by atoms with van der Waals surface area (Å²) in [5, 5.41) is 8.75. The number of carbonyl (C=O) groups is 1. The predicted octanol–water partition coefficient (Wildman–Crippen LogP) is 1.08.